The zero-order valence-corrected chi connectivity index (χ0v) is 7.49. The van der Waals surface area contributed by atoms with E-state index >= 15 is 0 Å². The van der Waals surface area contributed by atoms with E-state index < -0.39 is 0 Å². The second-order valence-corrected chi connectivity index (χ2v) is 4.03. The normalized spacial score (nSPS) is 32.7. The second kappa shape index (κ2) is 2.73. The van der Waals surface area contributed by atoms with Gasteiger partial charge in [-0.2, -0.15) is 0 Å². The minimum absolute atomic E-state index is 0.148. The molecule has 1 aliphatic heterocycles. The van der Waals surface area contributed by atoms with Crippen molar-refractivity contribution in [1.29, 1.82) is 0 Å². The van der Waals surface area contributed by atoms with Gasteiger partial charge in [0, 0.05) is 12.6 Å². The maximum absolute atomic E-state index is 11.2. The number of carbonyl (C=O) groups excluding carboxylic acids is 1. The van der Waals surface area contributed by atoms with E-state index in [2.05, 4.69) is 6.92 Å². The van der Waals surface area contributed by atoms with Crippen LogP contribution in [0.15, 0.2) is 0 Å². The molecule has 1 aliphatic carbocycles. The van der Waals surface area contributed by atoms with Gasteiger partial charge in [0.2, 0.25) is 5.91 Å². The van der Waals surface area contributed by atoms with E-state index in [1.807, 2.05) is 4.90 Å². The summed E-state index contributed by atoms with van der Waals surface area (Å²) in [6.07, 6.45) is 3.92. The van der Waals surface area contributed by atoms with Gasteiger partial charge in [-0.05, 0) is 25.7 Å². The van der Waals surface area contributed by atoms with E-state index in [0.29, 0.717) is 6.04 Å². The molecule has 0 aromatic carbocycles. The van der Waals surface area contributed by atoms with Gasteiger partial charge < -0.3 is 10.6 Å². The molecular weight excluding hydrogens is 152 g/mol. The van der Waals surface area contributed by atoms with Crippen LogP contribution in [0.2, 0.25) is 0 Å². The van der Waals surface area contributed by atoms with Crippen LogP contribution in [0, 0.1) is 5.92 Å². The highest BCUT2D eigenvalue weighted by molar-refractivity contribution is 5.87. The van der Waals surface area contributed by atoms with Crippen molar-refractivity contribution in [3.63, 3.8) is 0 Å². The van der Waals surface area contributed by atoms with Gasteiger partial charge in [-0.15, -0.1) is 0 Å². The predicted molar refractivity (Wildman–Crippen MR) is 46.5 cm³/mol. The molecule has 1 saturated carbocycles. The Balaban J connectivity index is 1.88. The maximum atomic E-state index is 11.2. The van der Waals surface area contributed by atoms with Gasteiger partial charge in [0.05, 0.1) is 0 Å². The molecule has 3 nitrogen and oxygen atoms in total. The van der Waals surface area contributed by atoms with E-state index in [-0.39, 0.29) is 11.9 Å². The summed E-state index contributed by atoms with van der Waals surface area (Å²) >= 11 is 0. The Labute approximate surface area is 72.9 Å². The third-order valence-electron chi connectivity index (χ3n) is 3.32. The molecule has 1 heterocycles. The first-order valence-electron chi connectivity index (χ1n) is 4.76. The Kier molecular flexibility index (Phi) is 1.83. The molecule has 1 amide bonds. The molecule has 1 saturated heterocycles. The number of likely N-dealkylation sites (tertiary alicyclic amines) is 1. The van der Waals surface area contributed by atoms with E-state index in [1.54, 1.807) is 0 Å². The van der Waals surface area contributed by atoms with Crippen molar-refractivity contribution in [1.82, 2.24) is 4.90 Å². The molecule has 68 valence electrons. The molecule has 12 heavy (non-hydrogen) atoms. The zero-order valence-electron chi connectivity index (χ0n) is 7.49. The fraction of sp³-hybridized carbons (Fsp3) is 0.889. The third kappa shape index (κ3) is 1.04. The zero-order chi connectivity index (χ0) is 8.72. The average Bonchev–Trinajstić information content (AvgIpc) is 1.95. The summed E-state index contributed by atoms with van der Waals surface area (Å²) in [7, 11) is 0. The lowest BCUT2D eigenvalue weighted by atomic mass is 9.78. The van der Waals surface area contributed by atoms with Crippen LogP contribution in [0.3, 0.4) is 0 Å². The molecule has 3 heteroatoms. The molecule has 2 unspecified atom stereocenters. The van der Waals surface area contributed by atoms with Gasteiger partial charge in [-0.1, -0.05) is 6.42 Å². The Morgan fingerprint density at radius 1 is 1.58 bits per heavy atom. The number of carbonyl (C=O) groups is 1. The quantitative estimate of drug-likeness (QED) is 0.604. The number of hydrogen-bond acceptors (Lipinski definition) is 2. The summed E-state index contributed by atoms with van der Waals surface area (Å²) in [5, 5.41) is 0. The lowest BCUT2D eigenvalue weighted by Gasteiger charge is -2.46. The van der Waals surface area contributed by atoms with Crippen LogP contribution >= 0.6 is 0 Å². The van der Waals surface area contributed by atoms with Crippen molar-refractivity contribution in [2.24, 2.45) is 11.7 Å². The summed E-state index contributed by atoms with van der Waals surface area (Å²) in [4.78, 5) is 13.2. The van der Waals surface area contributed by atoms with E-state index in [1.165, 1.54) is 19.3 Å². The molecule has 0 bridgehead atoms. The Bertz CT molecular complexity index is 201. The maximum Gasteiger partial charge on any atom is 0.241 e. The monoisotopic (exact) mass is 168 g/mol. The summed E-state index contributed by atoms with van der Waals surface area (Å²) in [6.45, 7) is 2.92. The standard InChI is InChI=1S/C9H16N2O/c1-6(7-3-2-4-7)11-5-8(10)9(11)12/h6-8H,2-5,10H2,1H3. The predicted octanol–water partition coefficient (Wildman–Crippen LogP) is 0.344. The minimum atomic E-state index is -0.201. The van der Waals surface area contributed by atoms with Gasteiger partial charge in [0.1, 0.15) is 6.04 Å². The topological polar surface area (TPSA) is 46.3 Å². The van der Waals surface area contributed by atoms with Crippen LogP contribution < -0.4 is 5.73 Å². The van der Waals surface area contributed by atoms with Crippen LogP contribution in [0.5, 0.6) is 0 Å². The van der Waals surface area contributed by atoms with Crippen molar-refractivity contribution in [2.75, 3.05) is 6.54 Å². The molecule has 0 spiro atoms. The van der Waals surface area contributed by atoms with Crippen molar-refractivity contribution in [2.45, 2.75) is 38.3 Å². The van der Waals surface area contributed by atoms with Crippen LogP contribution in [-0.2, 0) is 4.79 Å². The van der Waals surface area contributed by atoms with Gasteiger partial charge in [-0.3, -0.25) is 4.79 Å². The first kappa shape index (κ1) is 8.05. The fourth-order valence-corrected chi connectivity index (χ4v) is 2.02. The highest BCUT2D eigenvalue weighted by Gasteiger charge is 2.40. The highest BCUT2D eigenvalue weighted by Crippen LogP contribution is 2.33. The Hall–Kier alpha value is -0.570. The molecule has 2 rings (SSSR count). The van der Waals surface area contributed by atoms with Crippen molar-refractivity contribution in [3.05, 3.63) is 0 Å². The van der Waals surface area contributed by atoms with Crippen molar-refractivity contribution >= 4 is 5.91 Å². The first-order valence-corrected chi connectivity index (χ1v) is 4.76. The van der Waals surface area contributed by atoms with Gasteiger partial charge in [-0.25, -0.2) is 0 Å². The molecule has 2 fully saturated rings. The molecule has 0 aromatic heterocycles. The number of hydrogen-bond donors (Lipinski definition) is 1. The summed E-state index contributed by atoms with van der Waals surface area (Å²) in [5.74, 6) is 0.899. The lowest BCUT2D eigenvalue weighted by Crippen LogP contribution is -2.65. The Morgan fingerprint density at radius 2 is 2.25 bits per heavy atom. The number of amides is 1. The minimum Gasteiger partial charge on any atom is -0.336 e. The molecule has 0 aromatic rings. The van der Waals surface area contributed by atoms with Crippen molar-refractivity contribution < 1.29 is 4.79 Å². The average molecular weight is 168 g/mol. The lowest BCUT2D eigenvalue weighted by molar-refractivity contribution is -0.147. The largest absolute Gasteiger partial charge is 0.336 e. The molecule has 2 aliphatic rings. The second-order valence-electron chi connectivity index (χ2n) is 4.03. The summed E-state index contributed by atoms with van der Waals surface area (Å²) in [5.41, 5.74) is 5.52. The van der Waals surface area contributed by atoms with E-state index in [0.717, 1.165) is 12.5 Å². The first-order chi connectivity index (χ1) is 5.70. The van der Waals surface area contributed by atoms with Gasteiger partial charge in [0.15, 0.2) is 0 Å². The number of nitrogens with two attached hydrogens (primary N) is 1. The van der Waals surface area contributed by atoms with E-state index in [9.17, 15) is 4.79 Å². The van der Waals surface area contributed by atoms with E-state index in [4.69, 9.17) is 5.73 Å². The van der Waals surface area contributed by atoms with Gasteiger partial charge in [0.25, 0.3) is 0 Å². The summed E-state index contributed by atoms with van der Waals surface area (Å²) in [6, 6.07) is 0.235. The van der Waals surface area contributed by atoms with Crippen LogP contribution in [0.1, 0.15) is 26.2 Å². The SMILES string of the molecule is CC(C1CCC1)N1CC(N)C1=O. The Morgan fingerprint density at radius 3 is 2.58 bits per heavy atom. The third-order valence-corrected chi connectivity index (χ3v) is 3.32. The summed E-state index contributed by atoms with van der Waals surface area (Å²) < 4.78 is 0. The van der Waals surface area contributed by atoms with Crippen molar-refractivity contribution in [3.8, 4) is 0 Å². The molecule has 2 atom stereocenters. The number of rotatable bonds is 2. The smallest absolute Gasteiger partial charge is 0.241 e. The highest BCUT2D eigenvalue weighted by atomic mass is 16.2. The molecule has 2 N–H and O–H groups in total. The number of β-lactam (4-membered cyclic amide) rings is 1. The van der Waals surface area contributed by atoms with Crippen LogP contribution in [0.25, 0.3) is 0 Å². The molecular formula is C9H16N2O. The van der Waals surface area contributed by atoms with Crippen LogP contribution in [-0.4, -0.2) is 29.4 Å². The van der Waals surface area contributed by atoms with Crippen LogP contribution in [0.4, 0.5) is 0 Å². The number of nitrogens with zero attached hydrogens (tertiary/aromatic N) is 1. The molecule has 0 radical (unpaired) electrons. The fourth-order valence-electron chi connectivity index (χ4n) is 2.02. The van der Waals surface area contributed by atoms with Gasteiger partial charge >= 0.3 is 0 Å².